The molecular weight excluding hydrogens is 383 g/mol. The molecule has 4 rings (SSSR count). The number of halogens is 1. The number of benzene rings is 2. The molecule has 2 saturated heterocycles. The number of nitrogens with zero attached hydrogens (tertiary/aromatic N) is 1. The molecule has 158 valence electrons. The lowest BCUT2D eigenvalue weighted by Crippen LogP contribution is -2.56. The monoisotopic (exact) mass is 410 g/mol. The zero-order valence-corrected chi connectivity index (χ0v) is 17.2. The summed E-state index contributed by atoms with van der Waals surface area (Å²) >= 11 is 0. The number of methoxy groups -OCH3 is 1. The summed E-state index contributed by atoms with van der Waals surface area (Å²) in [6.07, 6.45) is 3.12. The summed E-state index contributed by atoms with van der Waals surface area (Å²) in [5.74, 6) is 0.452. The summed E-state index contributed by atoms with van der Waals surface area (Å²) in [5.41, 5.74) is 1.40. The van der Waals surface area contributed by atoms with E-state index in [9.17, 15) is 14.0 Å². The molecule has 5 nitrogen and oxygen atoms in total. The summed E-state index contributed by atoms with van der Waals surface area (Å²) in [6.45, 7) is 0.965. The lowest BCUT2D eigenvalue weighted by atomic mass is 9.76. The van der Waals surface area contributed by atoms with E-state index in [0.29, 0.717) is 32.4 Å². The van der Waals surface area contributed by atoms with Crippen molar-refractivity contribution in [1.29, 1.82) is 0 Å². The highest BCUT2D eigenvalue weighted by molar-refractivity contribution is 5.80. The molecule has 6 heteroatoms. The molecule has 1 spiro atoms. The number of ether oxygens (including phenoxy) is 1. The highest BCUT2D eigenvalue weighted by atomic mass is 19.1. The topological polar surface area (TPSA) is 58.6 Å². The minimum absolute atomic E-state index is 0.00943. The second-order valence-electron chi connectivity index (χ2n) is 8.29. The fraction of sp³-hybridized carbons (Fsp3) is 0.417. The summed E-state index contributed by atoms with van der Waals surface area (Å²) in [5, 5.41) is 3.16. The second kappa shape index (κ2) is 8.46. The Bertz CT molecular complexity index is 930. The zero-order valence-electron chi connectivity index (χ0n) is 17.2. The van der Waals surface area contributed by atoms with E-state index in [1.54, 1.807) is 13.2 Å². The molecule has 0 aliphatic carbocycles. The number of aryl methyl sites for hydroxylation is 1. The maximum absolute atomic E-state index is 13.9. The van der Waals surface area contributed by atoms with Gasteiger partial charge in [-0.05, 0) is 54.7 Å². The van der Waals surface area contributed by atoms with E-state index >= 15 is 0 Å². The van der Waals surface area contributed by atoms with Gasteiger partial charge in [0.1, 0.15) is 11.6 Å². The first-order valence-corrected chi connectivity index (χ1v) is 10.5. The number of hydrogen-bond acceptors (Lipinski definition) is 3. The third-order valence-electron chi connectivity index (χ3n) is 6.35. The van der Waals surface area contributed by atoms with Crippen molar-refractivity contribution < 1.29 is 18.7 Å². The van der Waals surface area contributed by atoms with Crippen molar-refractivity contribution in [3.8, 4) is 5.75 Å². The van der Waals surface area contributed by atoms with Gasteiger partial charge in [0.2, 0.25) is 11.8 Å². The van der Waals surface area contributed by atoms with Gasteiger partial charge < -0.3 is 15.0 Å². The van der Waals surface area contributed by atoms with Gasteiger partial charge in [-0.1, -0.05) is 24.3 Å². The quantitative estimate of drug-likeness (QED) is 0.822. The molecule has 0 unspecified atom stereocenters. The van der Waals surface area contributed by atoms with Crippen molar-refractivity contribution in [2.75, 3.05) is 20.2 Å². The summed E-state index contributed by atoms with van der Waals surface area (Å²) in [4.78, 5) is 27.1. The van der Waals surface area contributed by atoms with Gasteiger partial charge in [-0.25, -0.2) is 4.39 Å². The Balaban J connectivity index is 1.49. The van der Waals surface area contributed by atoms with Gasteiger partial charge >= 0.3 is 0 Å². The average Bonchev–Trinajstić information content (AvgIpc) is 3.10. The number of nitrogens with one attached hydrogen (secondary N) is 1. The zero-order chi connectivity index (χ0) is 21.1. The largest absolute Gasteiger partial charge is 0.497 e. The van der Waals surface area contributed by atoms with Gasteiger partial charge in [0, 0.05) is 31.8 Å². The molecule has 1 N–H and O–H groups in total. The molecular formula is C24H27FN2O3. The molecule has 2 amide bonds. The molecule has 0 radical (unpaired) electrons. The maximum Gasteiger partial charge on any atom is 0.223 e. The third-order valence-corrected chi connectivity index (χ3v) is 6.35. The van der Waals surface area contributed by atoms with Gasteiger partial charge in [-0.15, -0.1) is 0 Å². The SMILES string of the molecule is COc1ccc(CCC(=O)N2C[C@@H](c3cccc(F)c3)[C@@]3(CCCC(=O)N3)C2)cc1. The number of hydrogen-bond donors (Lipinski definition) is 1. The van der Waals surface area contributed by atoms with Crippen LogP contribution in [0.4, 0.5) is 4.39 Å². The fourth-order valence-electron chi connectivity index (χ4n) is 4.80. The second-order valence-corrected chi connectivity index (χ2v) is 8.29. The Hall–Kier alpha value is -2.89. The maximum atomic E-state index is 13.9. The number of carbonyl (C=O) groups is 2. The van der Waals surface area contributed by atoms with Crippen LogP contribution in [-0.4, -0.2) is 42.5 Å². The lowest BCUT2D eigenvalue weighted by Gasteiger charge is -2.39. The molecule has 2 aliphatic rings. The average molecular weight is 410 g/mol. The smallest absolute Gasteiger partial charge is 0.223 e. The highest BCUT2D eigenvalue weighted by Gasteiger charge is 2.50. The number of piperidine rings is 1. The standard InChI is InChI=1S/C24H27FN2O3/c1-30-20-10-7-17(8-11-20)9-12-23(29)27-15-21(18-4-2-5-19(25)14-18)24(16-27)13-3-6-22(28)26-24/h2,4-5,7-8,10-11,14,21H,3,6,9,12-13,15-16H2,1H3,(H,26,28)/t21-,24+/m0/s1. The van der Waals surface area contributed by atoms with Crippen molar-refractivity contribution in [1.82, 2.24) is 10.2 Å². The van der Waals surface area contributed by atoms with Crippen molar-refractivity contribution in [2.45, 2.75) is 43.6 Å². The number of rotatable bonds is 5. The van der Waals surface area contributed by atoms with E-state index in [1.807, 2.05) is 35.2 Å². The summed E-state index contributed by atoms with van der Waals surface area (Å²) < 4.78 is 19.1. The lowest BCUT2D eigenvalue weighted by molar-refractivity contribution is -0.131. The Morgan fingerprint density at radius 1 is 1.27 bits per heavy atom. The molecule has 2 aromatic rings. The Morgan fingerprint density at radius 2 is 2.07 bits per heavy atom. The third kappa shape index (κ3) is 4.18. The van der Waals surface area contributed by atoms with E-state index in [4.69, 9.17) is 4.74 Å². The van der Waals surface area contributed by atoms with Gasteiger partial charge in [0.25, 0.3) is 0 Å². The van der Waals surface area contributed by atoms with Gasteiger partial charge in [0.05, 0.1) is 12.6 Å². The van der Waals surface area contributed by atoms with Crippen LogP contribution in [0.2, 0.25) is 0 Å². The van der Waals surface area contributed by atoms with Crippen molar-refractivity contribution in [2.24, 2.45) is 0 Å². The van der Waals surface area contributed by atoms with E-state index in [1.165, 1.54) is 12.1 Å². The predicted molar refractivity (Wildman–Crippen MR) is 112 cm³/mol. The first-order chi connectivity index (χ1) is 14.5. The molecule has 30 heavy (non-hydrogen) atoms. The molecule has 2 heterocycles. The van der Waals surface area contributed by atoms with Gasteiger partial charge in [0.15, 0.2) is 0 Å². The number of carbonyl (C=O) groups excluding carboxylic acids is 2. The van der Waals surface area contributed by atoms with E-state index < -0.39 is 5.54 Å². The van der Waals surface area contributed by atoms with Crippen LogP contribution in [0.15, 0.2) is 48.5 Å². The van der Waals surface area contributed by atoms with E-state index in [0.717, 1.165) is 29.7 Å². The van der Waals surface area contributed by atoms with Crippen molar-refractivity contribution in [3.05, 3.63) is 65.5 Å². The molecule has 2 aromatic carbocycles. The predicted octanol–water partition coefficient (Wildman–Crippen LogP) is 3.43. The van der Waals surface area contributed by atoms with Crippen LogP contribution < -0.4 is 10.1 Å². The molecule has 0 aromatic heterocycles. The Morgan fingerprint density at radius 3 is 2.77 bits per heavy atom. The first kappa shape index (κ1) is 20.4. The van der Waals surface area contributed by atoms with Crippen LogP contribution in [-0.2, 0) is 16.0 Å². The highest BCUT2D eigenvalue weighted by Crippen LogP contribution is 2.41. The van der Waals surface area contributed by atoms with Crippen LogP contribution in [0, 0.1) is 5.82 Å². The first-order valence-electron chi connectivity index (χ1n) is 10.5. The van der Waals surface area contributed by atoms with Gasteiger partial charge in [-0.2, -0.15) is 0 Å². The van der Waals surface area contributed by atoms with Crippen LogP contribution in [0.3, 0.4) is 0 Å². The summed E-state index contributed by atoms with van der Waals surface area (Å²) in [7, 11) is 1.63. The van der Waals surface area contributed by atoms with Gasteiger partial charge in [-0.3, -0.25) is 9.59 Å². The van der Waals surface area contributed by atoms with Crippen LogP contribution in [0.5, 0.6) is 5.75 Å². The molecule has 2 aliphatic heterocycles. The Kier molecular flexibility index (Phi) is 5.75. The van der Waals surface area contributed by atoms with Crippen LogP contribution >= 0.6 is 0 Å². The fourth-order valence-corrected chi connectivity index (χ4v) is 4.80. The van der Waals surface area contributed by atoms with Crippen molar-refractivity contribution in [3.63, 3.8) is 0 Å². The molecule has 2 fully saturated rings. The Labute approximate surface area is 176 Å². The molecule has 2 atom stereocenters. The van der Waals surface area contributed by atoms with Crippen LogP contribution in [0.1, 0.15) is 42.7 Å². The van der Waals surface area contributed by atoms with E-state index in [-0.39, 0.29) is 23.5 Å². The molecule has 0 bridgehead atoms. The number of likely N-dealkylation sites (tertiary alicyclic amines) is 1. The minimum Gasteiger partial charge on any atom is -0.497 e. The summed E-state index contributed by atoms with van der Waals surface area (Å²) in [6, 6.07) is 14.2. The normalized spacial score (nSPS) is 23.5. The minimum atomic E-state index is -0.515. The van der Waals surface area contributed by atoms with Crippen molar-refractivity contribution >= 4 is 11.8 Å². The molecule has 0 saturated carbocycles. The van der Waals surface area contributed by atoms with Crippen LogP contribution in [0.25, 0.3) is 0 Å². The van der Waals surface area contributed by atoms with E-state index in [2.05, 4.69) is 5.32 Å². The number of amides is 2.